The summed E-state index contributed by atoms with van der Waals surface area (Å²) in [4.78, 5) is 15.8. The maximum absolute atomic E-state index is 13.5. The number of alkyl halides is 3. The van der Waals surface area contributed by atoms with Crippen molar-refractivity contribution in [1.29, 1.82) is 0 Å². The Kier molecular flexibility index (Phi) is 4.66. The maximum Gasteiger partial charge on any atom is 0.408 e. The summed E-state index contributed by atoms with van der Waals surface area (Å²) in [6.45, 7) is 1.67. The van der Waals surface area contributed by atoms with E-state index in [1.54, 1.807) is 6.92 Å². The molecule has 0 radical (unpaired) electrons. The minimum atomic E-state index is -4.51. The number of pyridine rings is 1. The Labute approximate surface area is 130 Å². The molecule has 0 aromatic carbocycles. The van der Waals surface area contributed by atoms with Gasteiger partial charge in [0.1, 0.15) is 11.9 Å². The van der Waals surface area contributed by atoms with Gasteiger partial charge in [0.25, 0.3) is 0 Å². The fourth-order valence-corrected chi connectivity index (χ4v) is 2.84. The fourth-order valence-electron chi connectivity index (χ4n) is 2.84. The van der Waals surface area contributed by atoms with Crippen LogP contribution in [0.2, 0.25) is 0 Å². The Balaban J connectivity index is 2.25. The van der Waals surface area contributed by atoms with Gasteiger partial charge in [0.05, 0.1) is 5.54 Å². The molecule has 23 heavy (non-hydrogen) atoms. The number of hydrogen-bond acceptors (Lipinski definition) is 5. The summed E-state index contributed by atoms with van der Waals surface area (Å²) < 4.78 is 40.5. The molecule has 1 unspecified atom stereocenters. The van der Waals surface area contributed by atoms with Crippen LogP contribution in [0.25, 0.3) is 0 Å². The zero-order chi connectivity index (χ0) is 17.3. The van der Waals surface area contributed by atoms with E-state index in [0.29, 0.717) is 6.42 Å². The molecule has 2 atom stereocenters. The number of rotatable bonds is 4. The van der Waals surface area contributed by atoms with Gasteiger partial charge in [0, 0.05) is 19.3 Å². The van der Waals surface area contributed by atoms with Crippen LogP contribution in [0.15, 0.2) is 18.3 Å². The lowest BCUT2D eigenvalue weighted by atomic mass is 10.0. The number of hydrogen-bond donors (Lipinski definition) is 4. The van der Waals surface area contributed by atoms with Crippen molar-refractivity contribution in [2.24, 2.45) is 5.84 Å². The Morgan fingerprint density at radius 3 is 2.70 bits per heavy atom. The highest BCUT2D eigenvalue weighted by Crippen LogP contribution is 2.40. The molecule has 0 aliphatic carbocycles. The number of nitrogens with one attached hydrogen (secondary N) is 2. The van der Waals surface area contributed by atoms with Crippen molar-refractivity contribution >= 4 is 11.9 Å². The quantitative estimate of drug-likeness (QED) is 0.494. The van der Waals surface area contributed by atoms with Gasteiger partial charge in [0.2, 0.25) is 0 Å². The first-order valence-electron chi connectivity index (χ1n) is 6.89. The second-order valence-corrected chi connectivity index (χ2v) is 5.78. The summed E-state index contributed by atoms with van der Waals surface area (Å²) in [6, 6.07) is 0.818. The average Bonchev–Trinajstić information content (AvgIpc) is 2.79. The molecule has 0 saturated carbocycles. The molecule has 1 aliphatic rings. The summed E-state index contributed by atoms with van der Waals surface area (Å²) in [6.07, 6.45) is -4.35. The lowest BCUT2D eigenvalue weighted by Gasteiger charge is -2.31. The minimum Gasteiger partial charge on any atom is -0.465 e. The molecule has 1 aromatic heterocycles. The second kappa shape index (κ2) is 6.20. The van der Waals surface area contributed by atoms with E-state index in [9.17, 15) is 18.0 Å². The summed E-state index contributed by atoms with van der Waals surface area (Å²) in [5, 5.41) is 11.1. The highest BCUT2D eigenvalue weighted by molar-refractivity contribution is 5.65. The fraction of sp³-hybridized carbons (Fsp3) is 0.538. The molecule has 0 spiro atoms. The van der Waals surface area contributed by atoms with E-state index in [2.05, 4.69) is 15.7 Å². The lowest BCUT2D eigenvalue weighted by molar-refractivity contribution is -0.184. The zero-order valence-corrected chi connectivity index (χ0v) is 12.4. The van der Waals surface area contributed by atoms with Crippen molar-refractivity contribution in [2.75, 3.05) is 18.5 Å². The van der Waals surface area contributed by atoms with Crippen molar-refractivity contribution in [1.82, 2.24) is 15.2 Å². The van der Waals surface area contributed by atoms with E-state index in [4.69, 9.17) is 10.9 Å². The monoisotopic (exact) mass is 333 g/mol. The van der Waals surface area contributed by atoms with Crippen LogP contribution in [-0.2, 0) is 0 Å². The van der Waals surface area contributed by atoms with Crippen LogP contribution in [0.5, 0.6) is 0 Å². The third-order valence-electron chi connectivity index (χ3n) is 3.84. The van der Waals surface area contributed by atoms with Crippen molar-refractivity contribution in [3.8, 4) is 0 Å². The molecule has 7 nitrogen and oxygen atoms in total. The Bertz CT molecular complexity index is 566. The summed E-state index contributed by atoms with van der Waals surface area (Å²) in [7, 11) is 0. The van der Waals surface area contributed by atoms with Crippen molar-refractivity contribution < 1.29 is 23.1 Å². The Morgan fingerprint density at radius 2 is 2.22 bits per heavy atom. The van der Waals surface area contributed by atoms with Crippen LogP contribution >= 0.6 is 0 Å². The molecule has 1 amide bonds. The number of hydrazine groups is 1. The number of halogens is 3. The number of nitrogens with two attached hydrogens (primary N) is 1. The zero-order valence-electron chi connectivity index (χ0n) is 12.4. The van der Waals surface area contributed by atoms with Gasteiger partial charge in [-0.1, -0.05) is 6.07 Å². The summed E-state index contributed by atoms with van der Waals surface area (Å²) >= 11 is 0. The molecule has 0 bridgehead atoms. The predicted molar refractivity (Wildman–Crippen MR) is 76.6 cm³/mol. The van der Waals surface area contributed by atoms with Gasteiger partial charge in [-0.05, 0) is 25.0 Å². The molecular weight excluding hydrogens is 315 g/mol. The van der Waals surface area contributed by atoms with Crippen molar-refractivity contribution in [3.63, 3.8) is 0 Å². The third kappa shape index (κ3) is 4.02. The van der Waals surface area contributed by atoms with Crippen LogP contribution in [-0.4, -0.2) is 45.9 Å². The summed E-state index contributed by atoms with van der Waals surface area (Å²) in [5.74, 6) is 5.41. The first-order valence-corrected chi connectivity index (χ1v) is 6.89. The topological polar surface area (TPSA) is 104 Å². The SMILES string of the molecule is CC1(NC(=O)O)CCN([C@H](c2ccc(NN)nc2)C(F)(F)F)C1. The first-order chi connectivity index (χ1) is 10.6. The van der Waals surface area contributed by atoms with Crippen LogP contribution in [0, 0.1) is 0 Å². The number of anilines is 1. The molecule has 1 saturated heterocycles. The van der Waals surface area contributed by atoms with Gasteiger partial charge in [-0.2, -0.15) is 13.2 Å². The highest BCUT2D eigenvalue weighted by atomic mass is 19.4. The molecule has 1 aromatic rings. The number of carbonyl (C=O) groups is 1. The van der Waals surface area contributed by atoms with Crippen LogP contribution in [0.3, 0.4) is 0 Å². The normalized spacial score (nSPS) is 23.5. The first kappa shape index (κ1) is 17.3. The third-order valence-corrected chi connectivity index (χ3v) is 3.84. The van der Waals surface area contributed by atoms with Crippen LogP contribution < -0.4 is 16.6 Å². The van der Waals surface area contributed by atoms with Gasteiger partial charge < -0.3 is 15.8 Å². The van der Waals surface area contributed by atoms with E-state index in [1.165, 1.54) is 17.0 Å². The highest BCUT2D eigenvalue weighted by Gasteiger charge is 2.49. The summed E-state index contributed by atoms with van der Waals surface area (Å²) in [5.41, 5.74) is 1.32. The van der Waals surface area contributed by atoms with Gasteiger partial charge in [-0.25, -0.2) is 15.6 Å². The molecule has 2 heterocycles. The lowest BCUT2D eigenvalue weighted by Crippen LogP contribution is -2.48. The molecule has 5 N–H and O–H groups in total. The van der Waals surface area contributed by atoms with E-state index in [1.807, 2.05) is 0 Å². The number of likely N-dealkylation sites (tertiary alicyclic amines) is 1. The minimum absolute atomic E-state index is 0.0175. The Hall–Kier alpha value is -2.07. The standard InChI is InChI=1S/C13H18F3N5O2/c1-12(19-11(22)23)4-5-21(7-12)10(13(14,15)16)8-2-3-9(20-17)18-6-8/h2-3,6,10,19H,4-5,7,17H2,1H3,(H,18,20)(H,22,23)/t10-,12?/m1/s1. The van der Waals surface area contributed by atoms with Crippen molar-refractivity contribution in [3.05, 3.63) is 23.9 Å². The van der Waals surface area contributed by atoms with Crippen LogP contribution in [0.4, 0.5) is 23.8 Å². The molecule has 128 valence electrons. The van der Waals surface area contributed by atoms with Crippen molar-refractivity contribution in [2.45, 2.75) is 31.1 Å². The van der Waals surface area contributed by atoms with E-state index < -0.39 is 23.9 Å². The number of nitrogen functional groups attached to an aromatic ring is 1. The van der Waals surface area contributed by atoms with E-state index in [0.717, 1.165) is 6.20 Å². The predicted octanol–water partition coefficient (Wildman–Crippen LogP) is 1.70. The van der Waals surface area contributed by atoms with E-state index in [-0.39, 0.29) is 24.5 Å². The molecule has 2 rings (SSSR count). The Morgan fingerprint density at radius 1 is 1.52 bits per heavy atom. The average molecular weight is 333 g/mol. The molecular formula is C13H18F3N5O2. The maximum atomic E-state index is 13.5. The number of amides is 1. The number of nitrogens with zero attached hydrogens (tertiary/aromatic N) is 2. The molecule has 1 aliphatic heterocycles. The van der Waals surface area contributed by atoms with E-state index >= 15 is 0 Å². The largest absolute Gasteiger partial charge is 0.465 e. The smallest absolute Gasteiger partial charge is 0.408 e. The van der Waals surface area contributed by atoms with Gasteiger partial charge in [-0.3, -0.25) is 4.90 Å². The van der Waals surface area contributed by atoms with Gasteiger partial charge in [0.15, 0.2) is 0 Å². The number of carboxylic acid groups (broad SMARTS) is 1. The van der Waals surface area contributed by atoms with Gasteiger partial charge in [-0.15, -0.1) is 0 Å². The van der Waals surface area contributed by atoms with Crippen LogP contribution in [0.1, 0.15) is 24.9 Å². The number of aromatic nitrogens is 1. The molecule has 10 heteroatoms. The van der Waals surface area contributed by atoms with Gasteiger partial charge >= 0.3 is 12.3 Å². The molecule has 1 fully saturated rings. The second-order valence-electron chi connectivity index (χ2n) is 5.78.